The van der Waals surface area contributed by atoms with Gasteiger partial charge in [0.1, 0.15) is 16.5 Å². The molecule has 0 unspecified atom stereocenters. The fourth-order valence-electron chi connectivity index (χ4n) is 4.40. The van der Waals surface area contributed by atoms with Crippen LogP contribution < -0.4 is 4.74 Å². The zero-order valence-electron chi connectivity index (χ0n) is 22.3. The first-order chi connectivity index (χ1) is 19.2. The van der Waals surface area contributed by atoms with Crippen molar-refractivity contribution in [3.05, 3.63) is 81.3 Å². The third kappa shape index (κ3) is 7.72. The van der Waals surface area contributed by atoms with Gasteiger partial charge in [-0.15, -0.1) is 11.3 Å². The molecule has 0 radical (unpaired) electrons. The van der Waals surface area contributed by atoms with Gasteiger partial charge in [0.05, 0.1) is 25.8 Å². The lowest BCUT2D eigenvalue weighted by Crippen LogP contribution is -2.50. The Labute approximate surface area is 234 Å². The summed E-state index contributed by atoms with van der Waals surface area (Å²) < 4.78 is 50.2. The second-order valence-electron chi connectivity index (χ2n) is 9.30. The minimum atomic E-state index is -4.43. The number of piperazine rings is 1. The Bertz CT molecular complexity index is 1290. The van der Waals surface area contributed by atoms with E-state index in [9.17, 15) is 22.8 Å². The summed E-state index contributed by atoms with van der Waals surface area (Å²) in [5.74, 6) is 0.491. The average molecular weight is 577 g/mol. The molecule has 1 saturated heterocycles. The van der Waals surface area contributed by atoms with Crippen LogP contribution in [0.25, 0.3) is 0 Å². The van der Waals surface area contributed by atoms with Crippen LogP contribution >= 0.6 is 11.3 Å². The fraction of sp³-hybridized carbons (Fsp3) is 0.393. The summed E-state index contributed by atoms with van der Waals surface area (Å²) in [6, 6.07) is 12.8. The topological polar surface area (TPSA) is 75.2 Å². The molecular formula is C28H31F3N4O4S. The highest BCUT2D eigenvalue weighted by atomic mass is 32.1. The maximum absolute atomic E-state index is 13.3. The number of methoxy groups -OCH3 is 1. The molecule has 1 aliphatic rings. The predicted octanol–water partition coefficient (Wildman–Crippen LogP) is 5.29. The molecule has 2 amide bonds. The molecule has 0 N–H and O–H groups in total. The molecule has 0 atom stereocenters. The molecule has 1 fully saturated rings. The quantitative estimate of drug-likeness (QED) is 0.345. The van der Waals surface area contributed by atoms with E-state index in [-0.39, 0.29) is 18.5 Å². The fourth-order valence-corrected chi connectivity index (χ4v) is 5.21. The molecule has 2 heterocycles. The van der Waals surface area contributed by atoms with Crippen molar-refractivity contribution in [2.75, 3.05) is 39.9 Å². The Morgan fingerprint density at radius 1 is 0.975 bits per heavy atom. The highest BCUT2D eigenvalue weighted by molar-refractivity contribution is 7.09. The molecular weight excluding hydrogens is 545 g/mol. The van der Waals surface area contributed by atoms with Crippen molar-refractivity contribution < 1.29 is 32.2 Å². The number of aromatic nitrogens is 1. The van der Waals surface area contributed by atoms with Gasteiger partial charge in [0.15, 0.2) is 0 Å². The summed E-state index contributed by atoms with van der Waals surface area (Å²) >= 11 is 1.33. The standard InChI is InChI=1S/C28H31F3N4O4S/c1-3-39-27(37)35-13-11-34(12-14-35)26(36)24-19-40-25(32-24)18-33(16-20-7-9-23(38-2)10-8-20)17-21-5-4-6-22(15-21)28(29,30)31/h4-10,15,19H,3,11-14,16-18H2,1-2H3. The summed E-state index contributed by atoms with van der Waals surface area (Å²) in [5, 5.41) is 2.37. The number of carbonyl (C=O) groups is 2. The van der Waals surface area contributed by atoms with Crippen LogP contribution in [0.4, 0.5) is 18.0 Å². The molecule has 1 aliphatic heterocycles. The molecule has 4 rings (SSSR count). The summed E-state index contributed by atoms with van der Waals surface area (Å²) in [6.07, 6.45) is -4.81. The zero-order chi connectivity index (χ0) is 28.7. The lowest BCUT2D eigenvalue weighted by molar-refractivity contribution is -0.137. The molecule has 12 heteroatoms. The first-order valence-corrected chi connectivity index (χ1v) is 13.7. The minimum absolute atomic E-state index is 0.217. The van der Waals surface area contributed by atoms with Crippen LogP contribution in [-0.2, 0) is 30.5 Å². The third-order valence-electron chi connectivity index (χ3n) is 6.45. The normalized spacial score (nSPS) is 13.9. The lowest BCUT2D eigenvalue weighted by Gasteiger charge is -2.33. The molecule has 0 saturated carbocycles. The van der Waals surface area contributed by atoms with E-state index in [1.165, 1.54) is 17.4 Å². The van der Waals surface area contributed by atoms with Gasteiger partial charge in [-0.3, -0.25) is 9.69 Å². The molecule has 214 valence electrons. The molecule has 40 heavy (non-hydrogen) atoms. The van der Waals surface area contributed by atoms with Gasteiger partial charge in [-0.2, -0.15) is 13.2 Å². The maximum atomic E-state index is 13.3. The molecule has 8 nitrogen and oxygen atoms in total. The summed E-state index contributed by atoms with van der Waals surface area (Å²) in [6.45, 7) is 4.62. The number of rotatable bonds is 9. The maximum Gasteiger partial charge on any atom is 0.416 e. The van der Waals surface area contributed by atoms with Crippen molar-refractivity contribution in [2.24, 2.45) is 0 Å². The number of carbonyl (C=O) groups excluding carboxylic acids is 2. The van der Waals surface area contributed by atoms with E-state index in [0.717, 1.165) is 17.7 Å². The van der Waals surface area contributed by atoms with Gasteiger partial charge in [-0.05, 0) is 36.2 Å². The minimum Gasteiger partial charge on any atom is -0.497 e. The van der Waals surface area contributed by atoms with Crippen molar-refractivity contribution in [1.29, 1.82) is 0 Å². The molecule has 0 spiro atoms. The van der Waals surface area contributed by atoms with Crippen LogP contribution in [0.15, 0.2) is 53.9 Å². The van der Waals surface area contributed by atoms with E-state index in [1.807, 2.05) is 29.2 Å². The van der Waals surface area contributed by atoms with Crippen LogP contribution in [0.5, 0.6) is 5.75 Å². The highest BCUT2D eigenvalue weighted by Crippen LogP contribution is 2.30. The van der Waals surface area contributed by atoms with E-state index >= 15 is 0 Å². The van der Waals surface area contributed by atoms with Gasteiger partial charge < -0.3 is 19.3 Å². The van der Waals surface area contributed by atoms with Crippen LogP contribution in [0, 0.1) is 0 Å². The van der Waals surface area contributed by atoms with Gasteiger partial charge in [0, 0.05) is 44.6 Å². The third-order valence-corrected chi connectivity index (χ3v) is 7.28. The summed E-state index contributed by atoms with van der Waals surface area (Å²) in [5.41, 5.74) is 1.10. The second-order valence-corrected chi connectivity index (χ2v) is 10.2. The number of thiazole rings is 1. The van der Waals surface area contributed by atoms with Crippen molar-refractivity contribution in [3.63, 3.8) is 0 Å². The summed E-state index contributed by atoms with van der Waals surface area (Å²) in [7, 11) is 1.58. The number of alkyl halides is 3. The van der Waals surface area contributed by atoms with Crippen molar-refractivity contribution in [1.82, 2.24) is 19.7 Å². The lowest BCUT2D eigenvalue weighted by atomic mass is 10.1. The number of halogens is 3. The Balaban J connectivity index is 1.46. The molecule has 3 aromatic rings. The number of ether oxygens (including phenoxy) is 2. The van der Waals surface area contributed by atoms with Gasteiger partial charge in [0.25, 0.3) is 5.91 Å². The van der Waals surface area contributed by atoms with Gasteiger partial charge in [-0.1, -0.05) is 30.3 Å². The Morgan fingerprint density at radius 2 is 1.65 bits per heavy atom. The molecule has 2 aromatic carbocycles. The smallest absolute Gasteiger partial charge is 0.416 e. The average Bonchev–Trinajstić information content (AvgIpc) is 3.41. The number of hydrogen-bond acceptors (Lipinski definition) is 7. The number of benzene rings is 2. The van der Waals surface area contributed by atoms with E-state index < -0.39 is 11.7 Å². The van der Waals surface area contributed by atoms with Crippen molar-refractivity contribution >= 4 is 23.3 Å². The second kappa shape index (κ2) is 13.1. The molecule has 1 aromatic heterocycles. The van der Waals surface area contributed by atoms with E-state index in [2.05, 4.69) is 4.98 Å². The Hall–Kier alpha value is -3.64. The number of amides is 2. The van der Waals surface area contributed by atoms with E-state index in [0.29, 0.717) is 67.9 Å². The van der Waals surface area contributed by atoms with Gasteiger partial charge in [-0.25, -0.2) is 9.78 Å². The first-order valence-electron chi connectivity index (χ1n) is 12.8. The van der Waals surface area contributed by atoms with Crippen LogP contribution in [0.1, 0.15) is 39.1 Å². The SMILES string of the molecule is CCOC(=O)N1CCN(C(=O)c2csc(CN(Cc3ccc(OC)cc3)Cc3cccc(C(F)(F)F)c3)n2)CC1. The van der Waals surface area contributed by atoms with E-state index in [1.54, 1.807) is 35.3 Å². The van der Waals surface area contributed by atoms with Crippen molar-refractivity contribution in [3.8, 4) is 5.75 Å². The van der Waals surface area contributed by atoms with Gasteiger partial charge >= 0.3 is 12.3 Å². The first kappa shape index (κ1) is 29.3. The molecule has 0 bridgehead atoms. The van der Waals surface area contributed by atoms with Crippen molar-refractivity contribution in [2.45, 2.75) is 32.7 Å². The Morgan fingerprint density at radius 3 is 2.30 bits per heavy atom. The van der Waals surface area contributed by atoms with E-state index in [4.69, 9.17) is 9.47 Å². The Kier molecular flexibility index (Phi) is 9.64. The number of nitrogens with zero attached hydrogens (tertiary/aromatic N) is 4. The number of hydrogen-bond donors (Lipinski definition) is 0. The van der Waals surface area contributed by atoms with Gasteiger partial charge in [0.2, 0.25) is 0 Å². The zero-order valence-corrected chi connectivity index (χ0v) is 23.1. The van der Waals surface area contributed by atoms with Crippen LogP contribution in [0.3, 0.4) is 0 Å². The van der Waals surface area contributed by atoms with Crippen LogP contribution in [-0.4, -0.2) is 71.6 Å². The monoisotopic (exact) mass is 576 g/mol. The predicted molar refractivity (Wildman–Crippen MR) is 144 cm³/mol. The highest BCUT2D eigenvalue weighted by Gasteiger charge is 2.30. The largest absolute Gasteiger partial charge is 0.497 e. The molecule has 0 aliphatic carbocycles. The summed E-state index contributed by atoms with van der Waals surface area (Å²) in [4.78, 5) is 34.8. The van der Waals surface area contributed by atoms with Crippen LogP contribution in [0.2, 0.25) is 0 Å².